The highest BCUT2D eigenvalue weighted by molar-refractivity contribution is 5.99. The van der Waals surface area contributed by atoms with E-state index in [1.165, 1.54) is 9.58 Å². The van der Waals surface area contributed by atoms with Crippen LogP contribution in [0.2, 0.25) is 0 Å². The molecule has 0 radical (unpaired) electrons. The lowest BCUT2D eigenvalue weighted by atomic mass is 10.0. The summed E-state index contributed by atoms with van der Waals surface area (Å²) in [6.45, 7) is 5.83. The van der Waals surface area contributed by atoms with E-state index in [2.05, 4.69) is 11.9 Å². The maximum atomic E-state index is 13.9. The van der Waals surface area contributed by atoms with Crippen molar-refractivity contribution in [2.24, 2.45) is 0 Å². The molecule has 174 valence electrons. The fraction of sp³-hybridized carbons (Fsp3) is 0.318. The predicted molar refractivity (Wildman–Crippen MR) is 112 cm³/mol. The fourth-order valence-electron chi connectivity index (χ4n) is 4.25. The van der Waals surface area contributed by atoms with Crippen LogP contribution in [0.15, 0.2) is 35.3 Å². The van der Waals surface area contributed by atoms with Gasteiger partial charge in [0.1, 0.15) is 17.5 Å². The van der Waals surface area contributed by atoms with Crippen molar-refractivity contribution in [2.45, 2.75) is 32.5 Å². The quantitative estimate of drug-likeness (QED) is 0.536. The summed E-state index contributed by atoms with van der Waals surface area (Å²) < 4.78 is 42.4. The minimum Gasteiger partial charge on any atom is -0.502 e. The number of carbonyl (C=O) groups excluding carboxylic acids is 2. The number of nitrogens with one attached hydrogen (secondary N) is 1. The molecule has 33 heavy (non-hydrogen) atoms. The summed E-state index contributed by atoms with van der Waals surface area (Å²) in [6.07, 6.45) is 1.98. The Labute approximate surface area is 186 Å². The predicted octanol–water partition coefficient (Wildman–Crippen LogP) is 1.99. The number of rotatable bonds is 4. The van der Waals surface area contributed by atoms with Gasteiger partial charge in [-0.15, -0.1) is 0 Å². The topological polar surface area (TPSA) is 94.9 Å². The largest absolute Gasteiger partial charge is 0.502 e. The van der Waals surface area contributed by atoms with Crippen LogP contribution in [0.5, 0.6) is 5.75 Å². The number of halogens is 3. The second kappa shape index (κ2) is 8.30. The number of piperidine rings is 1. The van der Waals surface area contributed by atoms with Gasteiger partial charge in [0.05, 0.1) is 0 Å². The normalized spacial score (nSPS) is 17.6. The minimum atomic E-state index is -1.46. The zero-order chi connectivity index (χ0) is 24.0. The first-order valence-electron chi connectivity index (χ1n) is 10.3. The van der Waals surface area contributed by atoms with Crippen molar-refractivity contribution in [3.63, 3.8) is 0 Å². The Balaban J connectivity index is 1.73. The van der Waals surface area contributed by atoms with E-state index in [4.69, 9.17) is 0 Å². The molecule has 1 aromatic carbocycles. The third kappa shape index (κ3) is 3.53. The first-order valence-corrected chi connectivity index (χ1v) is 10.3. The monoisotopic (exact) mass is 462 g/mol. The van der Waals surface area contributed by atoms with Crippen LogP contribution in [0.3, 0.4) is 0 Å². The van der Waals surface area contributed by atoms with Gasteiger partial charge in [-0.2, -0.15) is 0 Å². The molecule has 1 aromatic heterocycles. The highest BCUT2D eigenvalue weighted by atomic mass is 19.2. The standard InChI is InChI=1S/C22H21F3N4O4/c1-3-27-21-11(2)5-4-8-28(21)29-10-13(18(30)19(31)17(29)22(27)33)20(32)26-9-12-14(23)6-7-15(24)16(12)25/h6-7,10,21,31H,2-5,8-9H2,1H3,(H,26,32)/t21-/m0/s1. The Hall–Kier alpha value is -3.76. The Kier molecular flexibility index (Phi) is 5.64. The van der Waals surface area contributed by atoms with Crippen LogP contribution in [0.25, 0.3) is 0 Å². The van der Waals surface area contributed by atoms with Crippen molar-refractivity contribution in [3.8, 4) is 5.75 Å². The lowest BCUT2D eigenvalue weighted by Gasteiger charge is -2.49. The van der Waals surface area contributed by atoms with E-state index < -0.39 is 64.3 Å². The van der Waals surface area contributed by atoms with E-state index in [9.17, 15) is 32.7 Å². The summed E-state index contributed by atoms with van der Waals surface area (Å²) in [6, 6.07) is 1.33. The van der Waals surface area contributed by atoms with E-state index in [1.807, 2.05) is 0 Å². The smallest absolute Gasteiger partial charge is 0.278 e. The average molecular weight is 462 g/mol. The summed E-state index contributed by atoms with van der Waals surface area (Å²) in [5, 5.41) is 14.4. The number of carbonyl (C=O) groups is 2. The van der Waals surface area contributed by atoms with E-state index in [1.54, 1.807) is 11.9 Å². The van der Waals surface area contributed by atoms with Gasteiger partial charge in [-0.1, -0.05) is 6.58 Å². The maximum absolute atomic E-state index is 13.9. The highest BCUT2D eigenvalue weighted by Gasteiger charge is 2.42. The van der Waals surface area contributed by atoms with Gasteiger partial charge < -0.3 is 15.3 Å². The minimum absolute atomic E-state index is 0.286. The third-order valence-corrected chi connectivity index (χ3v) is 5.88. The van der Waals surface area contributed by atoms with Crippen molar-refractivity contribution < 1.29 is 27.9 Å². The zero-order valence-electron chi connectivity index (χ0n) is 17.7. The first kappa shape index (κ1) is 22.4. The van der Waals surface area contributed by atoms with E-state index in [-0.39, 0.29) is 5.69 Å². The van der Waals surface area contributed by atoms with Gasteiger partial charge in [0.15, 0.2) is 23.1 Å². The third-order valence-electron chi connectivity index (χ3n) is 5.88. The Bertz CT molecular complexity index is 1240. The van der Waals surface area contributed by atoms with E-state index >= 15 is 0 Å². The number of likely N-dealkylation sites (N-methyl/N-ethyl adjacent to an activating group) is 1. The molecule has 1 fully saturated rings. The van der Waals surface area contributed by atoms with E-state index in [0.29, 0.717) is 38.1 Å². The van der Waals surface area contributed by atoms with Crippen molar-refractivity contribution >= 4 is 11.8 Å². The number of nitrogens with zero attached hydrogens (tertiary/aromatic N) is 3. The van der Waals surface area contributed by atoms with Crippen molar-refractivity contribution in [1.29, 1.82) is 0 Å². The van der Waals surface area contributed by atoms with Crippen molar-refractivity contribution in [2.75, 3.05) is 18.1 Å². The Morgan fingerprint density at radius 3 is 2.64 bits per heavy atom. The number of hydrogen-bond acceptors (Lipinski definition) is 5. The molecule has 4 rings (SSSR count). The van der Waals surface area contributed by atoms with Crippen LogP contribution in [0, 0.1) is 17.5 Å². The van der Waals surface area contributed by atoms with Crippen LogP contribution in [-0.2, 0) is 6.54 Å². The van der Waals surface area contributed by atoms with Crippen LogP contribution in [0.1, 0.15) is 46.2 Å². The second-order valence-electron chi connectivity index (χ2n) is 7.81. The number of hydrogen-bond donors (Lipinski definition) is 2. The van der Waals surface area contributed by atoms with Crippen LogP contribution in [-0.4, -0.2) is 45.8 Å². The molecule has 0 spiro atoms. The molecule has 2 aliphatic heterocycles. The van der Waals surface area contributed by atoms with Crippen LogP contribution < -0.4 is 15.8 Å². The number of fused-ring (bicyclic) bond motifs is 3. The SMILES string of the molecule is C=C1CCCN2[C@@H]1N(CC)C(=O)c1c(O)c(=O)c(C(=O)NCc3c(F)ccc(F)c3F)cn12. The molecular weight excluding hydrogens is 441 g/mol. The lowest BCUT2D eigenvalue weighted by molar-refractivity contribution is 0.0602. The van der Waals surface area contributed by atoms with Gasteiger partial charge >= 0.3 is 0 Å². The Morgan fingerprint density at radius 1 is 1.24 bits per heavy atom. The molecule has 2 aliphatic rings. The fourth-order valence-corrected chi connectivity index (χ4v) is 4.25. The van der Waals surface area contributed by atoms with Gasteiger partial charge in [-0.3, -0.25) is 24.1 Å². The molecule has 0 unspecified atom stereocenters. The average Bonchev–Trinajstić information content (AvgIpc) is 2.79. The van der Waals surface area contributed by atoms with Gasteiger partial charge in [-0.25, -0.2) is 13.2 Å². The molecule has 3 heterocycles. The zero-order valence-corrected chi connectivity index (χ0v) is 17.7. The van der Waals surface area contributed by atoms with Crippen LogP contribution in [0.4, 0.5) is 13.2 Å². The molecule has 0 saturated carbocycles. The van der Waals surface area contributed by atoms with Crippen LogP contribution >= 0.6 is 0 Å². The summed E-state index contributed by atoms with van der Waals surface area (Å²) in [5.74, 6) is -6.37. The van der Waals surface area contributed by atoms with Gasteiger partial charge in [-0.05, 0) is 37.5 Å². The van der Waals surface area contributed by atoms with Gasteiger partial charge in [0.25, 0.3) is 11.8 Å². The molecule has 0 aliphatic carbocycles. The lowest BCUT2D eigenvalue weighted by Crippen LogP contribution is -2.63. The summed E-state index contributed by atoms with van der Waals surface area (Å²) in [4.78, 5) is 39.9. The van der Waals surface area contributed by atoms with Crippen molar-refractivity contribution in [3.05, 3.63) is 75.0 Å². The van der Waals surface area contributed by atoms with Gasteiger partial charge in [0.2, 0.25) is 5.43 Å². The highest BCUT2D eigenvalue weighted by Crippen LogP contribution is 2.31. The van der Waals surface area contributed by atoms with Crippen molar-refractivity contribution in [1.82, 2.24) is 14.9 Å². The molecule has 1 atom stereocenters. The van der Waals surface area contributed by atoms with E-state index in [0.717, 1.165) is 11.8 Å². The molecule has 1 saturated heterocycles. The second-order valence-corrected chi connectivity index (χ2v) is 7.81. The molecule has 2 aromatic rings. The molecule has 11 heteroatoms. The molecule has 8 nitrogen and oxygen atoms in total. The van der Waals surface area contributed by atoms with Gasteiger partial charge in [0, 0.05) is 31.4 Å². The number of aromatic nitrogens is 1. The summed E-state index contributed by atoms with van der Waals surface area (Å²) >= 11 is 0. The Morgan fingerprint density at radius 2 is 1.94 bits per heavy atom. The number of benzene rings is 1. The summed E-state index contributed by atoms with van der Waals surface area (Å²) in [7, 11) is 0. The molecule has 0 bridgehead atoms. The maximum Gasteiger partial charge on any atom is 0.278 e. The molecule has 2 N–H and O–H groups in total. The number of aromatic hydroxyl groups is 1. The molecule has 2 amide bonds. The number of pyridine rings is 1. The molecular formula is C22H21F3N4O4. The first-order chi connectivity index (χ1) is 15.7. The summed E-state index contributed by atoms with van der Waals surface area (Å²) in [5.41, 5.74) is -1.89. The number of amides is 2.